The molecule has 1 heterocycles. The first-order valence-electron chi connectivity index (χ1n) is 7.91. The van der Waals surface area contributed by atoms with Crippen LogP contribution in [-0.2, 0) is 14.5 Å². The van der Waals surface area contributed by atoms with Gasteiger partial charge in [0, 0.05) is 0 Å². The van der Waals surface area contributed by atoms with Crippen molar-refractivity contribution in [2.24, 2.45) is 0 Å². The summed E-state index contributed by atoms with van der Waals surface area (Å²) in [4.78, 5) is 9.95. The predicted octanol–water partition coefficient (Wildman–Crippen LogP) is -0.600. The molecule has 0 aromatic rings. The first-order chi connectivity index (χ1) is 11.4. The van der Waals surface area contributed by atoms with E-state index in [1.165, 1.54) is 0 Å². The van der Waals surface area contributed by atoms with Gasteiger partial charge in [-0.05, 0) is 32.3 Å². The van der Waals surface area contributed by atoms with Gasteiger partial charge < -0.3 is 30.3 Å². The van der Waals surface area contributed by atoms with Gasteiger partial charge in [-0.25, -0.2) is 9.78 Å². The molecule has 8 nitrogen and oxygen atoms in total. The second-order valence-corrected chi connectivity index (χ2v) is 5.88. The van der Waals surface area contributed by atoms with Gasteiger partial charge in [0.25, 0.3) is 0 Å². The topological polar surface area (TPSA) is 129 Å². The number of rotatable bonds is 9. The summed E-state index contributed by atoms with van der Waals surface area (Å²) in [5, 5.41) is 46.9. The van der Waals surface area contributed by atoms with Gasteiger partial charge in [0.05, 0.1) is 13.2 Å². The number of allylic oxidation sites excluding steroid dienone is 2. The number of hydrogen-bond acceptors (Lipinski definition) is 8. The van der Waals surface area contributed by atoms with E-state index in [1.807, 2.05) is 19.9 Å². The van der Waals surface area contributed by atoms with Crippen LogP contribution in [0.2, 0.25) is 0 Å². The van der Waals surface area contributed by atoms with E-state index < -0.39 is 37.3 Å². The van der Waals surface area contributed by atoms with Gasteiger partial charge in [-0.1, -0.05) is 17.7 Å². The Bertz CT molecular complexity index is 420. The third-order valence-corrected chi connectivity index (χ3v) is 3.77. The molecule has 1 aliphatic rings. The van der Waals surface area contributed by atoms with Crippen molar-refractivity contribution in [3.05, 3.63) is 23.3 Å². The van der Waals surface area contributed by atoms with Gasteiger partial charge in [0.2, 0.25) is 6.29 Å². The molecule has 140 valence electrons. The summed E-state index contributed by atoms with van der Waals surface area (Å²) in [6.45, 7) is 3.44. The molecule has 1 aliphatic heterocycles. The summed E-state index contributed by atoms with van der Waals surface area (Å²) >= 11 is 0. The third-order valence-electron chi connectivity index (χ3n) is 3.77. The summed E-state index contributed by atoms with van der Waals surface area (Å²) in [5.41, 5.74) is 2.00. The highest BCUT2D eigenvalue weighted by atomic mass is 17.2. The van der Waals surface area contributed by atoms with Crippen molar-refractivity contribution in [1.29, 1.82) is 0 Å². The number of aliphatic hydroxyl groups excluding tert-OH is 5. The maximum Gasteiger partial charge on any atom is 0.220 e. The van der Waals surface area contributed by atoms with Crippen molar-refractivity contribution in [3.8, 4) is 0 Å². The lowest BCUT2D eigenvalue weighted by atomic mass is 9.99. The van der Waals surface area contributed by atoms with Crippen molar-refractivity contribution >= 4 is 0 Å². The molecule has 1 rings (SSSR count). The molecule has 0 aromatic heterocycles. The monoisotopic (exact) mass is 348 g/mol. The smallest absolute Gasteiger partial charge is 0.220 e. The predicted molar refractivity (Wildman–Crippen MR) is 84.6 cm³/mol. The van der Waals surface area contributed by atoms with Crippen LogP contribution in [0.3, 0.4) is 0 Å². The first kappa shape index (κ1) is 21.2. The van der Waals surface area contributed by atoms with E-state index in [2.05, 4.69) is 0 Å². The van der Waals surface area contributed by atoms with Gasteiger partial charge in [-0.2, -0.15) is 0 Å². The largest absolute Gasteiger partial charge is 0.394 e. The molecule has 0 amide bonds. The van der Waals surface area contributed by atoms with Crippen LogP contribution in [0, 0.1) is 0 Å². The van der Waals surface area contributed by atoms with E-state index in [0.717, 1.165) is 24.0 Å². The van der Waals surface area contributed by atoms with Crippen LogP contribution in [0.1, 0.15) is 26.7 Å². The van der Waals surface area contributed by atoms with Gasteiger partial charge in [-0.15, -0.1) is 0 Å². The van der Waals surface area contributed by atoms with Crippen molar-refractivity contribution in [3.63, 3.8) is 0 Å². The maximum atomic E-state index is 9.78. The standard InChI is InChI=1S/C16H28O8/c1-10(6-7-17)4-3-5-11(2)9-22-24-16-15(21)14(20)13(19)12(8-18)23-16/h5-6,12-21H,3-4,7-9H2,1-2H3/t12-,13-,14+,15-,16+/m1/s1. The van der Waals surface area contributed by atoms with Crippen LogP contribution < -0.4 is 0 Å². The molecule has 24 heavy (non-hydrogen) atoms. The second-order valence-electron chi connectivity index (χ2n) is 5.88. The van der Waals surface area contributed by atoms with Gasteiger partial charge in [-0.3, -0.25) is 0 Å². The van der Waals surface area contributed by atoms with Crippen LogP contribution in [0.25, 0.3) is 0 Å². The summed E-state index contributed by atoms with van der Waals surface area (Å²) in [5.74, 6) is 0. The fourth-order valence-corrected chi connectivity index (χ4v) is 2.20. The Hall–Kier alpha value is -0.840. The lowest BCUT2D eigenvalue weighted by Crippen LogP contribution is -2.59. The lowest BCUT2D eigenvalue weighted by Gasteiger charge is -2.38. The molecule has 1 saturated heterocycles. The van der Waals surface area contributed by atoms with Crippen molar-refractivity contribution < 1.29 is 40.0 Å². The molecule has 5 atom stereocenters. The van der Waals surface area contributed by atoms with Gasteiger partial charge >= 0.3 is 0 Å². The molecular formula is C16H28O8. The van der Waals surface area contributed by atoms with Crippen LogP contribution >= 0.6 is 0 Å². The van der Waals surface area contributed by atoms with Crippen molar-refractivity contribution in [1.82, 2.24) is 0 Å². The molecule has 0 bridgehead atoms. The molecule has 0 saturated carbocycles. The molecule has 0 aromatic carbocycles. The number of aliphatic hydroxyl groups is 5. The minimum Gasteiger partial charge on any atom is -0.394 e. The van der Waals surface area contributed by atoms with Crippen LogP contribution in [0.15, 0.2) is 23.3 Å². The molecule has 5 N–H and O–H groups in total. The summed E-state index contributed by atoms with van der Waals surface area (Å²) in [7, 11) is 0. The minimum absolute atomic E-state index is 0.0323. The van der Waals surface area contributed by atoms with Crippen LogP contribution in [0.5, 0.6) is 0 Å². The maximum absolute atomic E-state index is 9.78. The molecule has 0 spiro atoms. The molecule has 0 aliphatic carbocycles. The molecule has 0 radical (unpaired) electrons. The van der Waals surface area contributed by atoms with E-state index >= 15 is 0 Å². The zero-order valence-electron chi connectivity index (χ0n) is 14.0. The Morgan fingerprint density at radius 1 is 1.00 bits per heavy atom. The second kappa shape index (κ2) is 10.9. The van der Waals surface area contributed by atoms with E-state index in [-0.39, 0.29) is 13.2 Å². The van der Waals surface area contributed by atoms with Crippen molar-refractivity contribution in [2.45, 2.75) is 57.4 Å². The lowest BCUT2D eigenvalue weighted by molar-refractivity contribution is -0.422. The minimum atomic E-state index is -1.50. The Balaban J connectivity index is 2.36. The van der Waals surface area contributed by atoms with E-state index in [9.17, 15) is 15.3 Å². The van der Waals surface area contributed by atoms with Crippen molar-refractivity contribution in [2.75, 3.05) is 19.8 Å². The summed E-state index contributed by atoms with van der Waals surface area (Å²) in [6, 6.07) is 0. The molecular weight excluding hydrogens is 320 g/mol. The highest BCUT2D eigenvalue weighted by Crippen LogP contribution is 2.22. The SMILES string of the molecule is CC(=CCO)CCC=C(C)COO[C@@H]1O[C@H](CO)[C@@H](O)[C@H](O)[C@H]1O. The quantitative estimate of drug-likeness (QED) is 0.212. The Labute approximate surface area is 141 Å². The average molecular weight is 348 g/mol. The Morgan fingerprint density at radius 2 is 1.71 bits per heavy atom. The fourth-order valence-electron chi connectivity index (χ4n) is 2.20. The summed E-state index contributed by atoms with van der Waals surface area (Å²) < 4.78 is 5.14. The van der Waals surface area contributed by atoms with Gasteiger partial charge in [0.1, 0.15) is 31.0 Å². The molecule has 0 unspecified atom stereocenters. The fraction of sp³-hybridized carbons (Fsp3) is 0.750. The third kappa shape index (κ3) is 6.58. The average Bonchev–Trinajstić information content (AvgIpc) is 2.55. The summed E-state index contributed by atoms with van der Waals surface area (Å²) in [6.07, 6.45) is -1.42. The zero-order valence-corrected chi connectivity index (χ0v) is 14.0. The molecule has 8 heteroatoms. The number of hydrogen-bond donors (Lipinski definition) is 5. The number of ether oxygens (including phenoxy) is 1. The van der Waals surface area contributed by atoms with E-state index in [4.69, 9.17) is 24.7 Å². The Morgan fingerprint density at radius 3 is 2.33 bits per heavy atom. The highest BCUT2D eigenvalue weighted by molar-refractivity contribution is 5.03. The zero-order chi connectivity index (χ0) is 18.1. The van der Waals surface area contributed by atoms with E-state index in [1.54, 1.807) is 6.08 Å². The highest BCUT2D eigenvalue weighted by Gasteiger charge is 2.44. The normalized spacial score (nSPS) is 32.2. The Kier molecular flexibility index (Phi) is 9.64. The van der Waals surface area contributed by atoms with Crippen LogP contribution in [-0.4, -0.2) is 76.1 Å². The van der Waals surface area contributed by atoms with Crippen LogP contribution in [0.4, 0.5) is 0 Å². The molecule has 1 fully saturated rings. The first-order valence-corrected chi connectivity index (χ1v) is 7.91. The van der Waals surface area contributed by atoms with Gasteiger partial charge in [0.15, 0.2) is 0 Å². The van der Waals surface area contributed by atoms with E-state index in [0.29, 0.717) is 0 Å².